The highest BCUT2D eigenvalue weighted by atomic mass is 32.2. The molecule has 0 aliphatic heterocycles. The van der Waals surface area contributed by atoms with E-state index in [2.05, 4.69) is 15.3 Å². The molecule has 3 rings (SSSR count). The van der Waals surface area contributed by atoms with Gasteiger partial charge in [-0.1, -0.05) is 11.3 Å². The number of pyridine rings is 1. The summed E-state index contributed by atoms with van der Waals surface area (Å²) in [5.74, 6) is 0.387. The number of hydrogen-bond acceptors (Lipinski definition) is 8. The largest absolute Gasteiger partial charge is 0.611 e. The van der Waals surface area contributed by atoms with Crippen molar-refractivity contribution < 1.29 is 18.8 Å². The summed E-state index contributed by atoms with van der Waals surface area (Å²) < 4.78 is 22.3. The number of aromatic nitrogens is 2. The third kappa shape index (κ3) is 5.30. The maximum atomic E-state index is 12.4. The smallest absolute Gasteiger partial charge is 0.275 e. The van der Waals surface area contributed by atoms with Crippen LogP contribution in [0, 0.1) is 5.41 Å². The van der Waals surface area contributed by atoms with Gasteiger partial charge in [0.15, 0.2) is 10.0 Å². The van der Waals surface area contributed by atoms with Gasteiger partial charge in [0.05, 0.1) is 13.7 Å². The highest BCUT2D eigenvalue weighted by Crippen LogP contribution is 2.26. The third-order valence-electron chi connectivity index (χ3n) is 3.97. The van der Waals surface area contributed by atoms with Crippen molar-refractivity contribution in [2.75, 3.05) is 31.9 Å². The molecule has 3 aromatic rings. The van der Waals surface area contributed by atoms with E-state index >= 15 is 0 Å². The van der Waals surface area contributed by atoms with Gasteiger partial charge in [-0.25, -0.2) is 9.97 Å². The Morgan fingerprint density at radius 2 is 1.97 bits per heavy atom. The number of carbonyl (C=O) groups excluding carboxylic acids is 1. The van der Waals surface area contributed by atoms with Crippen molar-refractivity contribution in [3.05, 3.63) is 42.0 Å². The first kappa shape index (κ1) is 21.2. The Hall–Kier alpha value is -2.53. The standard InChI is InChI=1S/C19H20N4O4S2/c1-26-10-3-11-29(25)13-6-4-12(5-7-13)16(20)17(24)23-19-21-14-8-9-15(27-2)22-18(14)28-19/h4-9,20H,3,10-11H2,1-2H3,(H,21,23,24). The lowest BCUT2D eigenvalue weighted by Crippen LogP contribution is -2.22. The maximum absolute atomic E-state index is 12.4. The minimum absolute atomic E-state index is 0.202. The highest BCUT2D eigenvalue weighted by Gasteiger charge is 2.17. The summed E-state index contributed by atoms with van der Waals surface area (Å²) >= 11 is 0.0651. The van der Waals surface area contributed by atoms with Crippen LogP contribution in [0.2, 0.25) is 0 Å². The summed E-state index contributed by atoms with van der Waals surface area (Å²) in [6.07, 6.45) is 0.700. The number of ether oxygens (including phenoxy) is 2. The van der Waals surface area contributed by atoms with E-state index in [0.29, 0.717) is 50.6 Å². The lowest BCUT2D eigenvalue weighted by atomic mass is 10.1. The van der Waals surface area contributed by atoms with Crippen molar-refractivity contribution in [1.29, 1.82) is 5.41 Å². The molecule has 8 nitrogen and oxygen atoms in total. The first-order chi connectivity index (χ1) is 14.0. The molecule has 0 spiro atoms. The number of benzene rings is 1. The molecule has 2 heterocycles. The molecule has 1 atom stereocenters. The van der Waals surface area contributed by atoms with Crippen LogP contribution in [0.4, 0.5) is 5.13 Å². The monoisotopic (exact) mass is 432 g/mol. The van der Waals surface area contributed by atoms with Crippen molar-refractivity contribution in [2.45, 2.75) is 11.3 Å². The maximum Gasteiger partial charge on any atom is 0.275 e. The van der Waals surface area contributed by atoms with E-state index < -0.39 is 17.1 Å². The van der Waals surface area contributed by atoms with Crippen LogP contribution in [-0.4, -0.2) is 52.7 Å². The number of amides is 1. The second-order valence-corrected chi connectivity index (χ2v) is 8.49. The molecule has 0 aliphatic carbocycles. The molecule has 1 aromatic carbocycles. The number of nitrogens with one attached hydrogen (secondary N) is 2. The zero-order valence-electron chi connectivity index (χ0n) is 15.9. The third-order valence-corrected chi connectivity index (χ3v) is 6.31. The number of rotatable bonds is 9. The number of nitrogens with zero attached hydrogens (tertiary/aromatic N) is 2. The number of thiazole rings is 1. The van der Waals surface area contributed by atoms with Crippen LogP contribution in [0.25, 0.3) is 10.3 Å². The summed E-state index contributed by atoms with van der Waals surface area (Å²) in [5, 5.41) is 11.1. The first-order valence-corrected chi connectivity index (χ1v) is 10.8. The van der Waals surface area contributed by atoms with Crippen LogP contribution in [0.5, 0.6) is 5.88 Å². The Bertz CT molecular complexity index is 1010. The molecule has 152 valence electrons. The second kappa shape index (κ2) is 9.79. The van der Waals surface area contributed by atoms with Gasteiger partial charge in [-0.05, 0) is 41.5 Å². The van der Waals surface area contributed by atoms with Crippen molar-refractivity contribution in [3.63, 3.8) is 0 Å². The average Bonchev–Trinajstić information content (AvgIpc) is 3.14. The van der Waals surface area contributed by atoms with E-state index in [1.807, 2.05) is 0 Å². The lowest BCUT2D eigenvalue weighted by molar-refractivity contribution is -0.110. The molecule has 2 aromatic heterocycles. The molecule has 0 saturated carbocycles. The van der Waals surface area contributed by atoms with Crippen LogP contribution in [0.1, 0.15) is 12.0 Å². The van der Waals surface area contributed by atoms with E-state index in [1.54, 1.807) is 43.5 Å². The quantitative estimate of drug-likeness (QED) is 0.305. The second-order valence-electron chi connectivity index (χ2n) is 5.95. The Kier molecular flexibility index (Phi) is 7.15. The number of anilines is 1. The van der Waals surface area contributed by atoms with Gasteiger partial charge in [-0.3, -0.25) is 15.5 Å². The van der Waals surface area contributed by atoms with E-state index in [0.717, 1.165) is 0 Å². The molecule has 29 heavy (non-hydrogen) atoms. The Balaban J connectivity index is 1.64. The van der Waals surface area contributed by atoms with Crippen molar-refractivity contribution in [1.82, 2.24) is 9.97 Å². The molecular formula is C19H20N4O4S2. The van der Waals surface area contributed by atoms with Gasteiger partial charge in [-0.2, -0.15) is 0 Å². The molecule has 2 N–H and O–H groups in total. The highest BCUT2D eigenvalue weighted by molar-refractivity contribution is 7.91. The molecular weight excluding hydrogens is 412 g/mol. The normalized spacial score (nSPS) is 12.0. The molecule has 0 aliphatic rings. The first-order valence-electron chi connectivity index (χ1n) is 8.71. The molecule has 0 saturated heterocycles. The van der Waals surface area contributed by atoms with Crippen molar-refractivity contribution >= 4 is 49.6 Å². The minimum Gasteiger partial charge on any atom is -0.611 e. The Morgan fingerprint density at radius 3 is 2.66 bits per heavy atom. The summed E-state index contributed by atoms with van der Waals surface area (Å²) in [7, 11) is 3.13. The molecule has 1 amide bonds. The Labute approximate surface area is 175 Å². The van der Waals surface area contributed by atoms with Crippen LogP contribution in [-0.2, 0) is 20.7 Å². The van der Waals surface area contributed by atoms with Crippen molar-refractivity contribution in [2.24, 2.45) is 0 Å². The molecule has 0 radical (unpaired) electrons. The number of carbonyl (C=O) groups is 1. The van der Waals surface area contributed by atoms with Gasteiger partial charge in [0.2, 0.25) is 5.88 Å². The molecule has 1 unspecified atom stereocenters. The van der Waals surface area contributed by atoms with Crippen LogP contribution >= 0.6 is 11.3 Å². The minimum atomic E-state index is -1.14. The van der Waals surface area contributed by atoms with Gasteiger partial charge in [0.25, 0.3) is 5.91 Å². The molecule has 0 fully saturated rings. The van der Waals surface area contributed by atoms with Crippen LogP contribution < -0.4 is 10.1 Å². The number of methoxy groups -OCH3 is 2. The Morgan fingerprint density at radius 1 is 1.21 bits per heavy atom. The topological polar surface area (TPSA) is 120 Å². The predicted octanol–water partition coefficient (Wildman–Crippen LogP) is 2.85. The van der Waals surface area contributed by atoms with Gasteiger partial charge < -0.3 is 14.0 Å². The van der Waals surface area contributed by atoms with Gasteiger partial charge in [-0.15, -0.1) is 0 Å². The van der Waals surface area contributed by atoms with Gasteiger partial charge in [0.1, 0.15) is 21.8 Å². The van der Waals surface area contributed by atoms with E-state index in [4.69, 9.17) is 14.9 Å². The zero-order valence-corrected chi connectivity index (χ0v) is 17.6. The van der Waals surface area contributed by atoms with E-state index in [-0.39, 0.29) is 5.71 Å². The zero-order chi connectivity index (χ0) is 20.8. The fourth-order valence-corrected chi connectivity index (χ4v) is 4.36. The van der Waals surface area contributed by atoms with Crippen LogP contribution in [0.15, 0.2) is 41.3 Å². The fraction of sp³-hybridized carbons (Fsp3) is 0.263. The predicted molar refractivity (Wildman–Crippen MR) is 114 cm³/mol. The summed E-state index contributed by atoms with van der Waals surface area (Å²) in [4.78, 5) is 22.3. The fourth-order valence-electron chi connectivity index (χ4n) is 2.48. The number of fused-ring (bicyclic) bond motifs is 1. The summed E-state index contributed by atoms with van der Waals surface area (Å²) in [5.41, 5.74) is 0.866. The van der Waals surface area contributed by atoms with Gasteiger partial charge >= 0.3 is 0 Å². The lowest BCUT2D eigenvalue weighted by Gasteiger charge is -2.11. The summed E-state index contributed by atoms with van der Waals surface area (Å²) in [6, 6.07) is 10.0. The average molecular weight is 433 g/mol. The molecule has 10 heteroatoms. The van der Waals surface area contributed by atoms with E-state index in [9.17, 15) is 9.35 Å². The van der Waals surface area contributed by atoms with Gasteiger partial charge in [0, 0.05) is 25.2 Å². The number of hydrogen-bond donors (Lipinski definition) is 2. The summed E-state index contributed by atoms with van der Waals surface area (Å²) in [6.45, 7) is 0.558. The van der Waals surface area contributed by atoms with Crippen LogP contribution in [0.3, 0.4) is 0 Å². The van der Waals surface area contributed by atoms with E-state index in [1.165, 1.54) is 18.4 Å². The molecule has 0 bridgehead atoms. The van der Waals surface area contributed by atoms with Crippen molar-refractivity contribution in [3.8, 4) is 5.88 Å². The SMILES string of the molecule is COCCC[S+]([O-])c1ccc(C(=N)C(=O)Nc2nc3ccc(OC)nc3s2)cc1.